The standard InChI is InChI=1S/C15H26N2OS2/c1-18-10-9-16-13(7-5-11-19-2)15-17-12-6-3-4-8-14(12)20-15/h13,16H,3-11H2,1-2H3. The normalized spacial score (nSPS) is 16.1. The van der Waals surface area contributed by atoms with Crippen LogP contribution in [0.1, 0.15) is 47.3 Å². The minimum Gasteiger partial charge on any atom is -0.383 e. The molecule has 0 radical (unpaired) electrons. The number of nitrogens with zero attached hydrogens (tertiary/aromatic N) is 1. The molecule has 1 aliphatic rings. The highest BCUT2D eigenvalue weighted by atomic mass is 32.2. The second-order valence-corrected chi connectivity index (χ2v) is 7.36. The molecule has 1 aromatic rings. The van der Waals surface area contributed by atoms with E-state index >= 15 is 0 Å². The highest BCUT2D eigenvalue weighted by molar-refractivity contribution is 7.98. The third kappa shape index (κ3) is 4.72. The van der Waals surface area contributed by atoms with Gasteiger partial charge in [0.2, 0.25) is 0 Å². The van der Waals surface area contributed by atoms with Gasteiger partial charge in [-0.3, -0.25) is 0 Å². The van der Waals surface area contributed by atoms with Crippen molar-refractivity contribution in [1.82, 2.24) is 10.3 Å². The molecule has 1 unspecified atom stereocenters. The summed E-state index contributed by atoms with van der Waals surface area (Å²) in [5.41, 5.74) is 1.37. The number of aromatic nitrogens is 1. The summed E-state index contributed by atoms with van der Waals surface area (Å²) in [6.07, 6.45) is 9.67. The van der Waals surface area contributed by atoms with Crippen LogP contribution in [-0.2, 0) is 17.6 Å². The molecule has 1 aromatic heterocycles. The van der Waals surface area contributed by atoms with Gasteiger partial charge >= 0.3 is 0 Å². The van der Waals surface area contributed by atoms with Crippen molar-refractivity contribution >= 4 is 23.1 Å². The van der Waals surface area contributed by atoms with Crippen molar-refractivity contribution in [1.29, 1.82) is 0 Å². The van der Waals surface area contributed by atoms with E-state index in [1.54, 1.807) is 7.11 Å². The minimum absolute atomic E-state index is 0.410. The molecule has 5 heteroatoms. The number of ether oxygens (including phenoxy) is 1. The van der Waals surface area contributed by atoms with Gasteiger partial charge in [-0.25, -0.2) is 4.98 Å². The van der Waals surface area contributed by atoms with Crippen LogP contribution in [0.4, 0.5) is 0 Å². The van der Waals surface area contributed by atoms with Crippen LogP contribution in [0, 0.1) is 0 Å². The van der Waals surface area contributed by atoms with Gasteiger partial charge in [0.05, 0.1) is 18.3 Å². The molecule has 0 amide bonds. The van der Waals surface area contributed by atoms with E-state index in [1.807, 2.05) is 23.1 Å². The Morgan fingerprint density at radius 1 is 1.40 bits per heavy atom. The topological polar surface area (TPSA) is 34.1 Å². The lowest BCUT2D eigenvalue weighted by molar-refractivity contribution is 0.195. The molecule has 0 aliphatic heterocycles. The molecule has 1 aliphatic carbocycles. The highest BCUT2D eigenvalue weighted by Gasteiger charge is 2.20. The molecule has 1 atom stereocenters. The van der Waals surface area contributed by atoms with Crippen molar-refractivity contribution in [2.24, 2.45) is 0 Å². The Morgan fingerprint density at radius 3 is 3.00 bits per heavy atom. The summed E-state index contributed by atoms with van der Waals surface area (Å²) < 4.78 is 5.15. The molecule has 0 spiro atoms. The number of methoxy groups -OCH3 is 1. The van der Waals surface area contributed by atoms with E-state index in [-0.39, 0.29) is 0 Å². The quantitative estimate of drug-likeness (QED) is 0.708. The summed E-state index contributed by atoms with van der Waals surface area (Å²) in [6.45, 7) is 1.68. The second-order valence-electron chi connectivity index (χ2n) is 5.26. The van der Waals surface area contributed by atoms with Crippen LogP contribution in [0.15, 0.2) is 0 Å². The predicted octanol–water partition coefficient (Wildman–Crippen LogP) is 3.44. The lowest BCUT2D eigenvalue weighted by atomic mass is 10.0. The zero-order valence-electron chi connectivity index (χ0n) is 12.6. The van der Waals surface area contributed by atoms with Gasteiger partial charge in [0.25, 0.3) is 0 Å². The molecule has 114 valence electrons. The van der Waals surface area contributed by atoms with Crippen LogP contribution >= 0.6 is 23.1 Å². The van der Waals surface area contributed by atoms with E-state index in [2.05, 4.69) is 11.6 Å². The van der Waals surface area contributed by atoms with Crippen LogP contribution in [0.25, 0.3) is 0 Å². The summed E-state index contributed by atoms with van der Waals surface area (Å²) in [4.78, 5) is 6.45. The number of thiazole rings is 1. The first-order valence-electron chi connectivity index (χ1n) is 7.55. The number of nitrogens with one attached hydrogen (secondary N) is 1. The molecule has 0 aromatic carbocycles. The first-order chi connectivity index (χ1) is 9.85. The molecular weight excluding hydrogens is 288 g/mol. The monoisotopic (exact) mass is 314 g/mol. The fraction of sp³-hybridized carbons (Fsp3) is 0.800. The van der Waals surface area contributed by atoms with Crippen molar-refractivity contribution in [3.8, 4) is 0 Å². The molecule has 1 heterocycles. The number of hydrogen-bond acceptors (Lipinski definition) is 5. The predicted molar refractivity (Wildman–Crippen MR) is 89.0 cm³/mol. The van der Waals surface area contributed by atoms with E-state index < -0.39 is 0 Å². The van der Waals surface area contributed by atoms with Gasteiger partial charge in [-0.15, -0.1) is 11.3 Å². The lowest BCUT2D eigenvalue weighted by Crippen LogP contribution is -2.25. The maximum Gasteiger partial charge on any atom is 0.110 e. The summed E-state index contributed by atoms with van der Waals surface area (Å²) >= 11 is 3.86. The van der Waals surface area contributed by atoms with Crippen LogP contribution in [0.2, 0.25) is 0 Å². The van der Waals surface area contributed by atoms with Crippen molar-refractivity contribution in [3.05, 3.63) is 15.6 Å². The molecule has 2 rings (SSSR count). The van der Waals surface area contributed by atoms with Gasteiger partial charge in [0.15, 0.2) is 0 Å². The number of fused-ring (bicyclic) bond motifs is 1. The largest absolute Gasteiger partial charge is 0.383 e. The van der Waals surface area contributed by atoms with E-state index in [0.29, 0.717) is 6.04 Å². The van der Waals surface area contributed by atoms with E-state index in [1.165, 1.54) is 59.9 Å². The Kier molecular flexibility index (Phi) is 7.35. The van der Waals surface area contributed by atoms with Crippen molar-refractivity contribution < 1.29 is 4.74 Å². The number of thioether (sulfide) groups is 1. The van der Waals surface area contributed by atoms with Crippen LogP contribution in [0.3, 0.4) is 0 Å². The third-order valence-electron chi connectivity index (χ3n) is 3.70. The minimum atomic E-state index is 0.410. The highest BCUT2D eigenvalue weighted by Crippen LogP contribution is 2.31. The third-order valence-corrected chi connectivity index (χ3v) is 5.67. The van der Waals surface area contributed by atoms with Gasteiger partial charge in [0, 0.05) is 18.5 Å². The second kappa shape index (κ2) is 9.03. The van der Waals surface area contributed by atoms with E-state index in [4.69, 9.17) is 9.72 Å². The van der Waals surface area contributed by atoms with Crippen molar-refractivity contribution in [3.63, 3.8) is 0 Å². The molecule has 20 heavy (non-hydrogen) atoms. The Morgan fingerprint density at radius 2 is 2.25 bits per heavy atom. The smallest absolute Gasteiger partial charge is 0.110 e. The van der Waals surface area contributed by atoms with Crippen LogP contribution in [-0.4, -0.2) is 37.3 Å². The Hall–Kier alpha value is -0.100. The maximum atomic E-state index is 5.15. The summed E-state index contributed by atoms with van der Waals surface area (Å²) in [7, 11) is 1.76. The molecule has 0 fully saturated rings. The number of hydrogen-bond donors (Lipinski definition) is 1. The molecular formula is C15H26N2OS2. The average Bonchev–Trinajstić information content (AvgIpc) is 2.89. The number of aryl methyl sites for hydroxylation is 2. The summed E-state index contributed by atoms with van der Waals surface area (Å²) in [5.74, 6) is 1.23. The fourth-order valence-corrected chi connectivity index (χ4v) is 4.32. The molecule has 1 N–H and O–H groups in total. The maximum absolute atomic E-state index is 5.15. The Labute approximate surface area is 130 Å². The zero-order chi connectivity index (χ0) is 14.2. The molecule has 0 bridgehead atoms. The van der Waals surface area contributed by atoms with Gasteiger partial charge in [-0.1, -0.05) is 0 Å². The molecule has 0 saturated carbocycles. The van der Waals surface area contributed by atoms with Crippen molar-refractivity contribution in [2.45, 2.75) is 44.6 Å². The molecule has 0 saturated heterocycles. The Bertz CT molecular complexity index is 362. The van der Waals surface area contributed by atoms with Crippen LogP contribution < -0.4 is 5.32 Å². The van der Waals surface area contributed by atoms with E-state index in [9.17, 15) is 0 Å². The molecule has 3 nitrogen and oxygen atoms in total. The average molecular weight is 315 g/mol. The van der Waals surface area contributed by atoms with Gasteiger partial charge in [-0.2, -0.15) is 11.8 Å². The first kappa shape index (κ1) is 16.3. The van der Waals surface area contributed by atoms with Gasteiger partial charge < -0.3 is 10.1 Å². The lowest BCUT2D eigenvalue weighted by Gasteiger charge is -2.16. The number of rotatable bonds is 9. The SMILES string of the molecule is COCCNC(CCCSC)c1nc2c(s1)CCCC2. The van der Waals surface area contributed by atoms with Crippen LogP contribution in [0.5, 0.6) is 0 Å². The van der Waals surface area contributed by atoms with E-state index in [0.717, 1.165) is 13.2 Å². The summed E-state index contributed by atoms with van der Waals surface area (Å²) in [5, 5.41) is 4.92. The van der Waals surface area contributed by atoms with Gasteiger partial charge in [-0.05, 0) is 50.5 Å². The summed E-state index contributed by atoms with van der Waals surface area (Å²) in [6, 6.07) is 0.410. The van der Waals surface area contributed by atoms with Crippen molar-refractivity contribution in [2.75, 3.05) is 32.3 Å². The Balaban J connectivity index is 1.98. The zero-order valence-corrected chi connectivity index (χ0v) is 14.2. The first-order valence-corrected chi connectivity index (χ1v) is 9.76. The fourth-order valence-electron chi connectivity index (χ4n) is 2.60. The van der Waals surface area contributed by atoms with Gasteiger partial charge in [0.1, 0.15) is 5.01 Å².